The van der Waals surface area contributed by atoms with Crippen LogP contribution in [0.3, 0.4) is 0 Å². The predicted molar refractivity (Wildman–Crippen MR) is 108 cm³/mol. The SMILES string of the molecule is O=C(NCCS(=O)(=O)N1CCN(c2ccccn2)CC1)c1cc(Cl)sc1Cl. The van der Waals surface area contributed by atoms with Gasteiger partial charge in [0.25, 0.3) is 5.91 Å². The van der Waals surface area contributed by atoms with Crippen LogP contribution in [0.15, 0.2) is 30.5 Å². The molecule has 1 fully saturated rings. The Morgan fingerprint density at radius 3 is 2.56 bits per heavy atom. The minimum absolute atomic E-state index is 0.00537. The van der Waals surface area contributed by atoms with Crippen LogP contribution >= 0.6 is 34.5 Å². The number of piperazine rings is 1. The number of aromatic nitrogens is 1. The van der Waals surface area contributed by atoms with Crippen molar-refractivity contribution >= 4 is 56.3 Å². The Kier molecular flexibility index (Phi) is 6.59. The van der Waals surface area contributed by atoms with Crippen molar-refractivity contribution in [2.24, 2.45) is 0 Å². The molecule has 1 saturated heterocycles. The summed E-state index contributed by atoms with van der Waals surface area (Å²) in [7, 11) is -3.46. The van der Waals surface area contributed by atoms with Gasteiger partial charge in [-0.25, -0.2) is 13.4 Å². The largest absolute Gasteiger partial charge is 0.354 e. The Bertz CT molecular complexity index is 898. The summed E-state index contributed by atoms with van der Waals surface area (Å²) in [6.45, 7) is 1.93. The number of anilines is 1. The summed E-state index contributed by atoms with van der Waals surface area (Å²) in [5, 5.41) is 2.58. The van der Waals surface area contributed by atoms with Crippen LogP contribution in [0.4, 0.5) is 5.82 Å². The topological polar surface area (TPSA) is 82.6 Å². The van der Waals surface area contributed by atoms with Crippen LogP contribution in [-0.4, -0.2) is 62.1 Å². The summed E-state index contributed by atoms with van der Waals surface area (Å²) >= 11 is 12.8. The van der Waals surface area contributed by atoms with Gasteiger partial charge in [0.2, 0.25) is 10.0 Å². The van der Waals surface area contributed by atoms with E-state index in [1.165, 1.54) is 10.4 Å². The molecule has 0 radical (unpaired) electrons. The molecular formula is C16H18Cl2N4O3S2. The number of hydrogen-bond acceptors (Lipinski definition) is 6. The van der Waals surface area contributed by atoms with E-state index in [1.807, 2.05) is 18.2 Å². The third-order valence-corrected chi connectivity index (χ3v) is 7.51. The second-order valence-electron chi connectivity index (χ2n) is 5.88. The average molecular weight is 449 g/mol. The smallest absolute Gasteiger partial charge is 0.253 e. The molecule has 11 heteroatoms. The predicted octanol–water partition coefficient (Wildman–Crippen LogP) is 2.33. The third-order valence-electron chi connectivity index (χ3n) is 4.15. The van der Waals surface area contributed by atoms with E-state index in [-0.39, 0.29) is 22.2 Å². The van der Waals surface area contributed by atoms with Crippen LogP contribution in [0.2, 0.25) is 8.67 Å². The van der Waals surface area contributed by atoms with Crippen molar-refractivity contribution in [2.75, 3.05) is 43.4 Å². The van der Waals surface area contributed by atoms with E-state index in [0.717, 1.165) is 17.2 Å². The fourth-order valence-electron chi connectivity index (χ4n) is 2.75. The first-order chi connectivity index (χ1) is 12.9. The molecule has 0 unspecified atom stereocenters. The summed E-state index contributed by atoms with van der Waals surface area (Å²) in [5.41, 5.74) is 0.257. The maximum atomic E-state index is 12.5. The molecule has 146 valence electrons. The van der Waals surface area contributed by atoms with Gasteiger partial charge in [-0.1, -0.05) is 29.3 Å². The van der Waals surface area contributed by atoms with Gasteiger partial charge < -0.3 is 10.2 Å². The second-order valence-corrected chi connectivity index (χ2v) is 10.3. The number of nitrogens with zero attached hydrogens (tertiary/aromatic N) is 3. The van der Waals surface area contributed by atoms with Gasteiger partial charge >= 0.3 is 0 Å². The first-order valence-electron chi connectivity index (χ1n) is 8.23. The maximum absolute atomic E-state index is 12.5. The molecule has 0 saturated carbocycles. The number of amides is 1. The van der Waals surface area contributed by atoms with Crippen molar-refractivity contribution in [1.82, 2.24) is 14.6 Å². The summed E-state index contributed by atoms with van der Waals surface area (Å²) in [5.74, 6) is 0.240. The lowest BCUT2D eigenvalue weighted by molar-refractivity contribution is 0.0956. The quantitative estimate of drug-likeness (QED) is 0.732. The number of rotatable bonds is 6. The lowest BCUT2D eigenvalue weighted by atomic mass is 10.3. The van der Waals surface area contributed by atoms with Crippen LogP contribution in [0.1, 0.15) is 10.4 Å². The van der Waals surface area contributed by atoms with Crippen molar-refractivity contribution in [2.45, 2.75) is 0 Å². The molecule has 27 heavy (non-hydrogen) atoms. The fraction of sp³-hybridized carbons (Fsp3) is 0.375. The highest BCUT2D eigenvalue weighted by atomic mass is 35.5. The molecule has 1 N–H and O–H groups in total. The van der Waals surface area contributed by atoms with Crippen LogP contribution in [0.25, 0.3) is 0 Å². The number of sulfonamides is 1. The van der Waals surface area contributed by atoms with Gasteiger partial charge in [-0.15, -0.1) is 11.3 Å². The van der Waals surface area contributed by atoms with Gasteiger partial charge in [-0.2, -0.15) is 4.31 Å². The Morgan fingerprint density at radius 2 is 1.96 bits per heavy atom. The van der Waals surface area contributed by atoms with E-state index in [4.69, 9.17) is 23.2 Å². The first kappa shape index (κ1) is 20.3. The Labute approximate surface area is 171 Å². The molecule has 2 aromatic heterocycles. The minimum atomic E-state index is -3.46. The summed E-state index contributed by atoms with van der Waals surface area (Å²) in [6.07, 6.45) is 1.72. The molecule has 3 heterocycles. The van der Waals surface area contributed by atoms with Crippen molar-refractivity contribution in [3.05, 3.63) is 44.7 Å². The normalized spacial score (nSPS) is 15.7. The third kappa shape index (κ3) is 5.11. The zero-order valence-electron chi connectivity index (χ0n) is 14.3. The molecule has 0 atom stereocenters. The molecule has 2 aromatic rings. The maximum Gasteiger partial charge on any atom is 0.253 e. The van der Waals surface area contributed by atoms with E-state index >= 15 is 0 Å². The van der Waals surface area contributed by atoms with Crippen LogP contribution in [0.5, 0.6) is 0 Å². The summed E-state index contributed by atoms with van der Waals surface area (Å²) in [6, 6.07) is 7.12. The van der Waals surface area contributed by atoms with E-state index in [1.54, 1.807) is 6.20 Å². The number of carbonyl (C=O) groups excluding carboxylic acids is 1. The highest BCUT2D eigenvalue weighted by Crippen LogP contribution is 2.30. The molecule has 0 spiro atoms. The summed E-state index contributed by atoms with van der Waals surface area (Å²) in [4.78, 5) is 18.4. The van der Waals surface area contributed by atoms with Crippen molar-refractivity contribution in [1.29, 1.82) is 0 Å². The monoisotopic (exact) mass is 448 g/mol. The van der Waals surface area contributed by atoms with E-state index in [0.29, 0.717) is 30.5 Å². The molecular weight excluding hydrogens is 431 g/mol. The fourth-order valence-corrected chi connectivity index (χ4v) is 5.55. The standard InChI is InChI=1S/C16H18Cl2N4O3S2/c17-13-11-12(15(18)26-13)16(23)20-5-10-27(24,25)22-8-6-21(7-9-22)14-3-1-2-4-19-14/h1-4,11H,5-10H2,(H,20,23). The van der Waals surface area contributed by atoms with Gasteiger partial charge in [-0.05, 0) is 18.2 Å². The van der Waals surface area contributed by atoms with E-state index < -0.39 is 15.9 Å². The molecule has 0 bridgehead atoms. The molecule has 0 aliphatic carbocycles. The molecule has 1 aliphatic rings. The number of nitrogens with one attached hydrogen (secondary N) is 1. The van der Waals surface area contributed by atoms with Gasteiger partial charge in [0.15, 0.2) is 0 Å². The second kappa shape index (κ2) is 8.74. The van der Waals surface area contributed by atoms with Gasteiger partial charge in [-0.3, -0.25) is 4.79 Å². The highest BCUT2D eigenvalue weighted by molar-refractivity contribution is 7.89. The lowest BCUT2D eigenvalue weighted by Gasteiger charge is -2.34. The highest BCUT2D eigenvalue weighted by Gasteiger charge is 2.27. The number of halogens is 2. The van der Waals surface area contributed by atoms with Crippen molar-refractivity contribution in [3.63, 3.8) is 0 Å². The van der Waals surface area contributed by atoms with Crippen LogP contribution in [0, 0.1) is 0 Å². The molecule has 1 amide bonds. The Hall–Kier alpha value is -1.39. The lowest BCUT2D eigenvalue weighted by Crippen LogP contribution is -2.50. The number of carbonyl (C=O) groups is 1. The Balaban J connectivity index is 1.49. The van der Waals surface area contributed by atoms with E-state index in [2.05, 4.69) is 15.2 Å². The van der Waals surface area contributed by atoms with Gasteiger partial charge in [0.1, 0.15) is 10.2 Å². The number of hydrogen-bond donors (Lipinski definition) is 1. The number of thiophene rings is 1. The molecule has 3 rings (SSSR count). The minimum Gasteiger partial charge on any atom is -0.354 e. The average Bonchev–Trinajstić information content (AvgIpc) is 3.00. The molecule has 7 nitrogen and oxygen atoms in total. The first-order valence-corrected chi connectivity index (χ1v) is 11.4. The van der Waals surface area contributed by atoms with Crippen molar-refractivity contribution < 1.29 is 13.2 Å². The van der Waals surface area contributed by atoms with E-state index in [9.17, 15) is 13.2 Å². The van der Waals surface area contributed by atoms with Crippen LogP contribution in [-0.2, 0) is 10.0 Å². The van der Waals surface area contributed by atoms with Crippen LogP contribution < -0.4 is 10.2 Å². The number of pyridine rings is 1. The van der Waals surface area contributed by atoms with Gasteiger partial charge in [0.05, 0.1) is 15.7 Å². The molecule has 0 aromatic carbocycles. The summed E-state index contributed by atoms with van der Waals surface area (Å²) < 4.78 is 27.2. The Morgan fingerprint density at radius 1 is 1.22 bits per heavy atom. The zero-order valence-corrected chi connectivity index (χ0v) is 17.4. The van der Waals surface area contributed by atoms with Crippen molar-refractivity contribution in [3.8, 4) is 0 Å². The zero-order chi connectivity index (χ0) is 19.4. The molecule has 1 aliphatic heterocycles. The van der Waals surface area contributed by atoms with Gasteiger partial charge in [0, 0.05) is 38.9 Å².